The lowest BCUT2D eigenvalue weighted by Crippen LogP contribution is -2.52. The number of rotatable bonds is 6. The Morgan fingerprint density at radius 3 is 2.88 bits per heavy atom. The van der Waals surface area contributed by atoms with Crippen LogP contribution in [0.1, 0.15) is 25.8 Å². The number of benzene rings is 1. The van der Waals surface area contributed by atoms with Crippen LogP contribution in [0.5, 0.6) is 5.75 Å². The zero-order valence-electron chi connectivity index (χ0n) is 14.3. The molecule has 3 atom stereocenters. The van der Waals surface area contributed by atoms with Crippen molar-refractivity contribution in [2.45, 2.75) is 31.2 Å². The minimum absolute atomic E-state index is 0.0105. The highest BCUT2D eigenvalue weighted by molar-refractivity contribution is 7.85. The Bertz CT molecular complexity index is 685. The summed E-state index contributed by atoms with van der Waals surface area (Å²) in [4.78, 5) is 12.0. The van der Waals surface area contributed by atoms with Gasteiger partial charge in [-0.1, -0.05) is 25.1 Å². The quantitative estimate of drug-likeness (QED) is 0.775. The minimum atomic E-state index is -1.18. The summed E-state index contributed by atoms with van der Waals surface area (Å²) in [6.07, 6.45) is 4.23. The number of ether oxygens (including phenoxy) is 1. The van der Waals surface area contributed by atoms with Gasteiger partial charge in [-0.15, -0.1) is 6.58 Å². The molecule has 6 heteroatoms. The van der Waals surface area contributed by atoms with E-state index in [4.69, 9.17) is 4.74 Å². The van der Waals surface area contributed by atoms with Gasteiger partial charge in [0.2, 0.25) is 5.91 Å². The molecule has 1 aromatic rings. The maximum Gasteiger partial charge on any atom is 0.234 e. The van der Waals surface area contributed by atoms with Crippen molar-refractivity contribution >= 4 is 22.3 Å². The zero-order valence-corrected chi connectivity index (χ0v) is 15.1. The van der Waals surface area contributed by atoms with Crippen molar-refractivity contribution in [3.8, 4) is 5.75 Å². The van der Waals surface area contributed by atoms with Crippen LogP contribution < -0.4 is 15.6 Å². The first-order valence-electron chi connectivity index (χ1n) is 7.86. The molecule has 0 aromatic heterocycles. The van der Waals surface area contributed by atoms with Crippen LogP contribution in [-0.2, 0) is 15.6 Å². The van der Waals surface area contributed by atoms with Gasteiger partial charge in [0.15, 0.2) is 0 Å². The third-order valence-corrected chi connectivity index (χ3v) is 5.41. The fraction of sp³-hybridized carbons (Fsp3) is 0.389. The van der Waals surface area contributed by atoms with Gasteiger partial charge in [-0.25, -0.2) is 5.43 Å². The Morgan fingerprint density at radius 1 is 1.50 bits per heavy atom. The normalized spacial score (nSPS) is 22.6. The van der Waals surface area contributed by atoms with E-state index in [2.05, 4.69) is 23.5 Å². The number of hydrogen-bond donors (Lipinski definition) is 2. The molecule has 0 spiro atoms. The molecule has 1 aromatic carbocycles. The van der Waals surface area contributed by atoms with Gasteiger partial charge in [0.1, 0.15) is 5.75 Å². The minimum Gasteiger partial charge on any atom is -0.495 e. The fourth-order valence-corrected chi connectivity index (χ4v) is 3.67. The number of methoxy groups -OCH3 is 1. The van der Waals surface area contributed by atoms with E-state index in [1.807, 2.05) is 32.0 Å². The molecule has 0 radical (unpaired) electrons. The van der Waals surface area contributed by atoms with Crippen LogP contribution in [0.25, 0.3) is 5.57 Å². The second-order valence-corrected chi connectivity index (χ2v) is 7.38. The summed E-state index contributed by atoms with van der Waals surface area (Å²) < 4.78 is 17.7. The molecule has 2 rings (SSSR count). The van der Waals surface area contributed by atoms with Crippen LogP contribution in [0.15, 0.2) is 41.8 Å². The van der Waals surface area contributed by atoms with E-state index in [0.717, 1.165) is 11.1 Å². The van der Waals surface area contributed by atoms with Crippen molar-refractivity contribution in [3.05, 3.63) is 42.5 Å². The van der Waals surface area contributed by atoms with Gasteiger partial charge in [0.05, 0.1) is 22.8 Å². The molecule has 1 fully saturated rings. The largest absolute Gasteiger partial charge is 0.495 e. The molecule has 1 amide bonds. The Morgan fingerprint density at radius 2 is 2.25 bits per heavy atom. The number of hydrazine groups is 1. The second kappa shape index (κ2) is 8.26. The van der Waals surface area contributed by atoms with Crippen LogP contribution in [0.2, 0.25) is 0 Å². The van der Waals surface area contributed by atoms with Crippen molar-refractivity contribution in [3.63, 3.8) is 0 Å². The molecule has 3 unspecified atom stereocenters. The summed E-state index contributed by atoms with van der Waals surface area (Å²) >= 11 is 0. The summed E-state index contributed by atoms with van der Waals surface area (Å²) in [5.41, 5.74) is 7.73. The van der Waals surface area contributed by atoms with E-state index in [0.29, 0.717) is 22.8 Å². The number of carbonyl (C=O) groups is 1. The van der Waals surface area contributed by atoms with Crippen molar-refractivity contribution in [2.75, 3.05) is 12.9 Å². The maximum absolute atomic E-state index is 12.4. The SMILES string of the molecule is C=CCS(=O)c1cc(/C(C)=C/C2NNC(=O)CC2C)ccc1OC. The van der Waals surface area contributed by atoms with Crippen molar-refractivity contribution < 1.29 is 13.7 Å². The third kappa shape index (κ3) is 4.33. The first kappa shape index (κ1) is 18.4. The number of carbonyl (C=O) groups excluding carboxylic acids is 1. The molecule has 1 aliphatic heterocycles. The average Bonchev–Trinajstić information content (AvgIpc) is 2.57. The van der Waals surface area contributed by atoms with E-state index < -0.39 is 10.8 Å². The molecular formula is C18H24N2O3S. The van der Waals surface area contributed by atoms with Crippen LogP contribution in [0.4, 0.5) is 0 Å². The summed E-state index contributed by atoms with van der Waals surface area (Å²) in [7, 11) is 0.389. The molecular weight excluding hydrogens is 324 g/mol. The summed E-state index contributed by atoms with van der Waals surface area (Å²) in [6.45, 7) is 7.69. The van der Waals surface area contributed by atoms with Gasteiger partial charge in [0, 0.05) is 18.2 Å². The van der Waals surface area contributed by atoms with E-state index in [-0.39, 0.29) is 17.9 Å². The Hall–Kier alpha value is -1.92. The van der Waals surface area contributed by atoms with E-state index in [9.17, 15) is 9.00 Å². The van der Waals surface area contributed by atoms with Gasteiger partial charge in [-0.3, -0.25) is 14.4 Å². The molecule has 0 aliphatic carbocycles. The number of hydrogen-bond acceptors (Lipinski definition) is 4. The predicted octanol–water partition coefficient (Wildman–Crippen LogP) is 2.42. The molecule has 1 saturated heterocycles. The second-order valence-electron chi connectivity index (χ2n) is 5.92. The van der Waals surface area contributed by atoms with Crippen LogP contribution >= 0.6 is 0 Å². The standard InChI is InChI=1S/C18H24N2O3S/c1-5-8-24(22)17-11-14(6-7-16(17)23-4)12(2)9-15-13(3)10-18(21)20-19-15/h5-7,9,11,13,15,19H,1,8,10H2,2-4H3,(H,20,21)/b12-9+. The molecule has 1 aliphatic rings. The Kier molecular flexibility index (Phi) is 6.34. The monoisotopic (exact) mass is 348 g/mol. The van der Waals surface area contributed by atoms with E-state index in [1.54, 1.807) is 13.2 Å². The van der Waals surface area contributed by atoms with Gasteiger partial charge in [-0.2, -0.15) is 0 Å². The molecule has 1 heterocycles. The topological polar surface area (TPSA) is 67.4 Å². The smallest absolute Gasteiger partial charge is 0.234 e. The molecule has 24 heavy (non-hydrogen) atoms. The molecule has 0 bridgehead atoms. The number of nitrogens with one attached hydrogen (secondary N) is 2. The lowest BCUT2D eigenvalue weighted by molar-refractivity contribution is -0.125. The van der Waals surface area contributed by atoms with E-state index in [1.165, 1.54) is 0 Å². The van der Waals surface area contributed by atoms with Gasteiger partial charge in [-0.05, 0) is 36.1 Å². The van der Waals surface area contributed by atoms with Crippen LogP contribution in [0.3, 0.4) is 0 Å². The maximum atomic E-state index is 12.4. The molecule has 0 saturated carbocycles. The molecule has 5 nitrogen and oxygen atoms in total. The zero-order chi connectivity index (χ0) is 17.7. The van der Waals surface area contributed by atoms with Crippen LogP contribution in [-0.4, -0.2) is 29.0 Å². The summed E-state index contributed by atoms with van der Waals surface area (Å²) in [6, 6.07) is 5.75. The highest BCUT2D eigenvalue weighted by atomic mass is 32.2. The summed E-state index contributed by atoms with van der Waals surface area (Å²) in [5, 5.41) is 0. The van der Waals surface area contributed by atoms with Gasteiger partial charge >= 0.3 is 0 Å². The van der Waals surface area contributed by atoms with Crippen molar-refractivity contribution in [1.82, 2.24) is 10.9 Å². The highest BCUT2D eigenvalue weighted by Gasteiger charge is 2.23. The van der Waals surface area contributed by atoms with Gasteiger partial charge in [0.25, 0.3) is 0 Å². The first-order valence-corrected chi connectivity index (χ1v) is 9.18. The fourth-order valence-electron chi connectivity index (χ4n) is 2.64. The first-order chi connectivity index (χ1) is 11.5. The highest BCUT2D eigenvalue weighted by Crippen LogP contribution is 2.28. The van der Waals surface area contributed by atoms with Crippen molar-refractivity contribution in [1.29, 1.82) is 0 Å². The predicted molar refractivity (Wildman–Crippen MR) is 97.0 cm³/mol. The Balaban J connectivity index is 2.28. The Labute approximate surface area is 145 Å². The summed E-state index contributed by atoms with van der Waals surface area (Å²) in [5.74, 6) is 1.22. The van der Waals surface area contributed by atoms with Crippen LogP contribution in [0, 0.1) is 5.92 Å². The number of allylic oxidation sites excluding steroid dienone is 1. The van der Waals surface area contributed by atoms with E-state index >= 15 is 0 Å². The van der Waals surface area contributed by atoms with Crippen molar-refractivity contribution in [2.24, 2.45) is 5.92 Å². The lowest BCUT2D eigenvalue weighted by Gasteiger charge is -2.28. The lowest BCUT2D eigenvalue weighted by atomic mass is 9.93. The third-order valence-electron chi connectivity index (χ3n) is 4.06. The molecule has 2 N–H and O–H groups in total. The number of amides is 1. The molecule has 130 valence electrons. The average molecular weight is 348 g/mol. The van der Waals surface area contributed by atoms with Gasteiger partial charge < -0.3 is 4.74 Å².